The minimum absolute atomic E-state index is 0.00333. The lowest BCUT2D eigenvalue weighted by molar-refractivity contribution is 0.0772. The molecule has 1 amide bonds. The molecule has 0 fully saturated rings. The van der Waals surface area contributed by atoms with Gasteiger partial charge >= 0.3 is 0 Å². The van der Waals surface area contributed by atoms with Crippen LogP contribution in [-0.2, 0) is 0 Å². The predicted octanol–water partition coefficient (Wildman–Crippen LogP) is 2.65. The van der Waals surface area contributed by atoms with Crippen LogP contribution in [-0.4, -0.2) is 36.1 Å². The summed E-state index contributed by atoms with van der Waals surface area (Å²) in [4.78, 5) is 13.8. The smallest absolute Gasteiger partial charge is 0.254 e. The average molecular weight is 302 g/mol. The van der Waals surface area contributed by atoms with Crippen molar-refractivity contribution in [1.82, 2.24) is 4.90 Å². The van der Waals surface area contributed by atoms with Crippen LogP contribution in [0.1, 0.15) is 24.2 Å². The third-order valence-electron chi connectivity index (χ3n) is 2.55. The summed E-state index contributed by atoms with van der Waals surface area (Å²) in [5.41, 5.74) is 0.496. The number of benzene rings is 1. The summed E-state index contributed by atoms with van der Waals surface area (Å²) in [6, 6.07) is 3.14. The molecule has 0 heterocycles. The van der Waals surface area contributed by atoms with Crippen molar-refractivity contribution in [2.45, 2.75) is 13.8 Å². The maximum absolute atomic E-state index is 12.1. The first-order valence-corrected chi connectivity index (χ1v) is 6.20. The number of hydrogen-bond acceptors (Lipinski definition) is 3. The Morgan fingerprint density at radius 2 is 2.00 bits per heavy atom. The largest absolute Gasteiger partial charge is 0.503 e. The molecule has 5 heteroatoms. The van der Waals surface area contributed by atoms with Crippen LogP contribution in [0.25, 0.3) is 0 Å². The molecule has 0 aliphatic carbocycles. The minimum atomic E-state index is -0.0750. The highest BCUT2D eigenvalue weighted by Crippen LogP contribution is 2.35. The highest BCUT2D eigenvalue weighted by atomic mass is 79.9. The Labute approximate surface area is 109 Å². The first-order chi connectivity index (χ1) is 8.04. The van der Waals surface area contributed by atoms with Crippen molar-refractivity contribution in [2.75, 3.05) is 20.2 Å². The van der Waals surface area contributed by atoms with E-state index in [-0.39, 0.29) is 17.4 Å². The van der Waals surface area contributed by atoms with E-state index in [1.807, 2.05) is 13.8 Å². The van der Waals surface area contributed by atoms with Gasteiger partial charge in [0.1, 0.15) is 0 Å². The van der Waals surface area contributed by atoms with Gasteiger partial charge in [0.05, 0.1) is 11.6 Å². The van der Waals surface area contributed by atoms with E-state index >= 15 is 0 Å². The SMILES string of the molecule is CCN(CC)C(=O)c1cc(Br)c(O)c(OC)c1. The summed E-state index contributed by atoms with van der Waals surface area (Å²) < 4.78 is 5.46. The quantitative estimate of drug-likeness (QED) is 0.930. The monoisotopic (exact) mass is 301 g/mol. The Kier molecular flexibility index (Phi) is 4.81. The molecule has 0 aromatic heterocycles. The zero-order chi connectivity index (χ0) is 13.0. The Hall–Kier alpha value is -1.23. The van der Waals surface area contributed by atoms with Crippen LogP contribution in [0.2, 0.25) is 0 Å². The number of carbonyl (C=O) groups is 1. The number of aromatic hydroxyl groups is 1. The molecular weight excluding hydrogens is 286 g/mol. The van der Waals surface area contributed by atoms with E-state index in [4.69, 9.17) is 4.74 Å². The molecule has 1 N–H and O–H groups in total. The van der Waals surface area contributed by atoms with Gasteiger partial charge in [-0.05, 0) is 41.9 Å². The fraction of sp³-hybridized carbons (Fsp3) is 0.417. The highest BCUT2D eigenvalue weighted by Gasteiger charge is 2.17. The maximum Gasteiger partial charge on any atom is 0.254 e. The summed E-state index contributed by atoms with van der Waals surface area (Å²) in [6.45, 7) is 5.15. The lowest BCUT2D eigenvalue weighted by Gasteiger charge is -2.19. The van der Waals surface area contributed by atoms with Crippen LogP contribution in [0.3, 0.4) is 0 Å². The molecule has 0 saturated heterocycles. The molecule has 0 bridgehead atoms. The number of ether oxygens (including phenoxy) is 1. The van der Waals surface area contributed by atoms with Crippen LogP contribution in [0.15, 0.2) is 16.6 Å². The van der Waals surface area contributed by atoms with Gasteiger partial charge in [-0.3, -0.25) is 4.79 Å². The minimum Gasteiger partial charge on any atom is -0.503 e. The van der Waals surface area contributed by atoms with E-state index in [1.165, 1.54) is 7.11 Å². The number of phenolic OH excluding ortho intramolecular Hbond substituents is 1. The van der Waals surface area contributed by atoms with Gasteiger partial charge in [-0.1, -0.05) is 0 Å². The molecule has 0 atom stereocenters. The van der Waals surface area contributed by atoms with Crippen LogP contribution < -0.4 is 4.74 Å². The second-order valence-electron chi connectivity index (χ2n) is 3.49. The normalized spacial score (nSPS) is 10.1. The van der Waals surface area contributed by atoms with Gasteiger partial charge in [0.2, 0.25) is 0 Å². The molecule has 0 saturated carbocycles. The standard InChI is InChI=1S/C12H16BrNO3/c1-4-14(5-2)12(16)8-6-9(13)11(15)10(7-8)17-3/h6-7,15H,4-5H2,1-3H3. The molecule has 1 aromatic rings. The number of methoxy groups -OCH3 is 1. The third kappa shape index (κ3) is 2.91. The van der Waals surface area contributed by atoms with E-state index in [0.29, 0.717) is 23.1 Å². The van der Waals surface area contributed by atoms with Crippen LogP contribution in [0.4, 0.5) is 0 Å². The first kappa shape index (κ1) is 13.8. The van der Waals surface area contributed by atoms with Gasteiger partial charge in [0, 0.05) is 18.7 Å². The van der Waals surface area contributed by atoms with Gasteiger partial charge < -0.3 is 14.7 Å². The summed E-state index contributed by atoms with van der Waals surface area (Å²) in [7, 11) is 1.45. The molecule has 0 unspecified atom stereocenters. The molecule has 0 radical (unpaired) electrons. The molecule has 17 heavy (non-hydrogen) atoms. The Morgan fingerprint density at radius 1 is 1.41 bits per heavy atom. The van der Waals surface area contributed by atoms with Gasteiger partial charge in [0.15, 0.2) is 11.5 Å². The highest BCUT2D eigenvalue weighted by molar-refractivity contribution is 9.10. The molecule has 0 spiro atoms. The van der Waals surface area contributed by atoms with Crippen molar-refractivity contribution in [3.8, 4) is 11.5 Å². The van der Waals surface area contributed by atoms with Crippen molar-refractivity contribution in [1.29, 1.82) is 0 Å². The van der Waals surface area contributed by atoms with E-state index in [1.54, 1.807) is 17.0 Å². The topological polar surface area (TPSA) is 49.8 Å². The molecule has 0 aliphatic heterocycles. The molecule has 94 valence electrons. The number of rotatable bonds is 4. The number of amides is 1. The number of carbonyl (C=O) groups excluding carboxylic acids is 1. The summed E-state index contributed by atoms with van der Waals surface area (Å²) in [5, 5.41) is 9.66. The number of nitrogens with zero attached hydrogens (tertiary/aromatic N) is 1. The summed E-state index contributed by atoms with van der Waals surface area (Å²) in [5.74, 6) is 0.215. The van der Waals surface area contributed by atoms with Crippen LogP contribution >= 0.6 is 15.9 Å². The van der Waals surface area contributed by atoms with E-state index < -0.39 is 0 Å². The van der Waals surface area contributed by atoms with Crippen molar-refractivity contribution in [3.05, 3.63) is 22.2 Å². The van der Waals surface area contributed by atoms with Gasteiger partial charge in [0.25, 0.3) is 5.91 Å². The number of hydrogen-bond donors (Lipinski definition) is 1. The van der Waals surface area contributed by atoms with Gasteiger partial charge in [-0.2, -0.15) is 0 Å². The first-order valence-electron chi connectivity index (χ1n) is 5.40. The molecule has 1 rings (SSSR count). The van der Waals surface area contributed by atoms with E-state index in [0.717, 1.165) is 0 Å². The molecule has 0 aliphatic rings. The summed E-state index contributed by atoms with van der Waals surface area (Å²) in [6.07, 6.45) is 0. The van der Waals surface area contributed by atoms with Crippen LogP contribution in [0.5, 0.6) is 11.5 Å². The number of halogens is 1. The Bertz CT molecular complexity index is 416. The van der Waals surface area contributed by atoms with Crippen LogP contribution in [0, 0.1) is 0 Å². The second-order valence-corrected chi connectivity index (χ2v) is 4.34. The molecule has 4 nitrogen and oxygen atoms in total. The lowest BCUT2D eigenvalue weighted by Crippen LogP contribution is -2.30. The van der Waals surface area contributed by atoms with Crippen molar-refractivity contribution in [2.24, 2.45) is 0 Å². The molecule has 1 aromatic carbocycles. The zero-order valence-corrected chi connectivity index (χ0v) is 11.7. The van der Waals surface area contributed by atoms with Crippen molar-refractivity contribution >= 4 is 21.8 Å². The Balaban J connectivity index is 3.15. The lowest BCUT2D eigenvalue weighted by atomic mass is 10.1. The van der Waals surface area contributed by atoms with Crippen molar-refractivity contribution < 1.29 is 14.6 Å². The maximum atomic E-state index is 12.1. The second kappa shape index (κ2) is 5.91. The fourth-order valence-corrected chi connectivity index (χ4v) is 1.99. The fourth-order valence-electron chi connectivity index (χ4n) is 1.55. The predicted molar refractivity (Wildman–Crippen MR) is 69.6 cm³/mol. The average Bonchev–Trinajstić information content (AvgIpc) is 2.33. The Morgan fingerprint density at radius 3 is 2.47 bits per heavy atom. The van der Waals surface area contributed by atoms with Gasteiger partial charge in [-0.25, -0.2) is 0 Å². The van der Waals surface area contributed by atoms with E-state index in [2.05, 4.69) is 15.9 Å². The van der Waals surface area contributed by atoms with Crippen molar-refractivity contribution in [3.63, 3.8) is 0 Å². The summed E-state index contributed by atoms with van der Waals surface area (Å²) >= 11 is 3.20. The number of phenols is 1. The molecular formula is C12H16BrNO3. The van der Waals surface area contributed by atoms with E-state index in [9.17, 15) is 9.90 Å². The third-order valence-corrected chi connectivity index (χ3v) is 3.15. The van der Waals surface area contributed by atoms with Gasteiger partial charge in [-0.15, -0.1) is 0 Å². The zero-order valence-electron chi connectivity index (χ0n) is 10.2.